The van der Waals surface area contributed by atoms with Gasteiger partial charge in [-0.15, -0.1) is 11.3 Å². The number of fused-ring (bicyclic) bond motifs is 1. The third kappa shape index (κ3) is 3.40. The first-order chi connectivity index (χ1) is 12.5. The number of aromatic nitrogens is 1. The molecule has 0 unspecified atom stereocenters. The highest BCUT2D eigenvalue weighted by Gasteiger charge is 2.26. The van der Waals surface area contributed by atoms with Gasteiger partial charge in [-0.05, 0) is 63.2 Å². The number of thiazole rings is 1. The van der Waals surface area contributed by atoms with Gasteiger partial charge in [-0.1, -0.05) is 0 Å². The molecule has 1 aromatic heterocycles. The van der Waals surface area contributed by atoms with Crippen LogP contribution in [0.5, 0.6) is 11.5 Å². The zero-order valence-corrected chi connectivity index (χ0v) is 16.0. The average molecular weight is 366 g/mol. The van der Waals surface area contributed by atoms with Crippen LogP contribution in [0.15, 0.2) is 47.8 Å². The van der Waals surface area contributed by atoms with Crippen molar-refractivity contribution in [1.82, 2.24) is 4.98 Å². The molecule has 26 heavy (non-hydrogen) atoms. The van der Waals surface area contributed by atoms with Crippen LogP contribution in [-0.4, -0.2) is 23.7 Å². The van der Waals surface area contributed by atoms with E-state index in [1.807, 2.05) is 37.3 Å². The molecule has 0 amide bonds. The number of hydrogen-bond acceptors (Lipinski definition) is 5. The Labute approximate surface area is 157 Å². The smallest absolute Gasteiger partial charge is 0.143 e. The lowest BCUT2D eigenvalue weighted by Crippen LogP contribution is -2.39. The fourth-order valence-electron chi connectivity index (χ4n) is 2.96. The molecule has 0 atom stereocenters. The first-order valence-corrected chi connectivity index (χ1v) is 9.68. The number of nitrogens with zero attached hydrogens (tertiary/aromatic N) is 1. The maximum absolute atomic E-state index is 6.02. The highest BCUT2D eigenvalue weighted by atomic mass is 32.1. The maximum Gasteiger partial charge on any atom is 0.143 e. The summed E-state index contributed by atoms with van der Waals surface area (Å²) >= 11 is 1.65. The standard InChI is InChI=1S/C21H22N2O2S/c1-4-24-16-8-5-14(6-9-16)18-12-26-20(23-18)15-7-10-19-17(11-15)22-13-21(2,3)25-19/h5-12,22H,4,13H2,1-3H3. The summed E-state index contributed by atoms with van der Waals surface area (Å²) in [5.41, 5.74) is 4.02. The molecule has 3 aromatic rings. The van der Waals surface area contributed by atoms with E-state index in [0.717, 1.165) is 45.6 Å². The summed E-state index contributed by atoms with van der Waals surface area (Å²) in [5, 5.41) is 6.56. The molecule has 2 heterocycles. The molecule has 0 saturated carbocycles. The molecule has 0 fully saturated rings. The molecule has 4 rings (SSSR count). The summed E-state index contributed by atoms with van der Waals surface area (Å²) < 4.78 is 11.5. The molecular formula is C21H22N2O2S. The summed E-state index contributed by atoms with van der Waals surface area (Å²) in [5.74, 6) is 1.78. The Bertz CT molecular complexity index is 916. The lowest BCUT2D eigenvalue weighted by molar-refractivity contribution is 0.116. The SMILES string of the molecule is CCOc1ccc(-c2csc(-c3ccc4c(c3)NCC(C)(C)O4)n2)cc1. The molecule has 1 aliphatic heterocycles. The second-order valence-corrected chi connectivity index (χ2v) is 7.78. The van der Waals surface area contributed by atoms with Crippen molar-refractivity contribution >= 4 is 17.0 Å². The fraction of sp³-hybridized carbons (Fsp3) is 0.286. The third-order valence-electron chi connectivity index (χ3n) is 4.28. The highest BCUT2D eigenvalue weighted by molar-refractivity contribution is 7.13. The van der Waals surface area contributed by atoms with Crippen LogP contribution < -0.4 is 14.8 Å². The molecule has 5 heteroatoms. The molecular weight excluding hydrogens is 344 g/mol. The van der Waals surface area contributed by atoms with Crippen LogP contribution in [0.1, 0.15) is 20.8 Å². The number of nitrogens with one attached hydrogen (secondary N) is 1. The zero-order valence-electron chi connectivity index (χ0n) is 15.2. The van der Waals surface area contributed by atoms with Crippen LogP contribution in [-0.2, 0) is 0 Å². The predicted molar refractivity (Wildman–Crippen MR) is 107 cm³/mol. The van der Waals surface area contributed by atoms with Gasteiger partial charge in [-0.3, -0.25) is 0 Å². The number of rotatable bonds is 4. The van der Waals surface area contributed by atoms with Gasteiger partial charge in [0.05, 0.1) is 24.5 Å². The zero-order chi connectivity index (χ0) is 18.1. The number of anilines is 1. The summed E-state index contributed by atoms with van der Waals surface area (Å²) in [7, 11) is 0. The quantitative estimate of drug-likeness (QED) is 0.666. The number of hydrogen-bond donors (Lipinski definition) is 1. The Balaban J connectivity index is 1.58. The summed E-state index contributed by atoms with van der Waals surface area (Å²) in [6.07, 6.45) is 0. The minimum absolute atomic E-state index is 0.184. The largest absolute Gasteiger partial charge is 0.494 e. The van der Waals surface area contributed by atoms with E-state index in [2.05, 4.69) is 36.7 Å². The van der Waals surface area contributed by atoms with Crippen molar-refractivity contribution in [1.29, 1.82) is 0 Å². The second-order valence-electron chi connectivity index (χ2n) is 6.92. The molecule has 0 bridgehead atoms. The van der Waals surface area contributed by atoms with Crippen LogP contribution in [0.3, 0.4) is 0 Å². The highest BCUT2D eigenvalue weighted by Crippen LogP contribution is 2.37. The van der Waals surface area contributed by atoms with Crippen molar-refractivity contribution in [3.05, 3.63) is 47.8 Å². The van der Waals surface area contributed by atoms with E-state index in [-0.39, 0.29) is 5.60 Å². The van der Waals surface area contributed by atoms with E-state index in [1.54, 1.807) is 11.3 Å². The first-order valence-electron chi connectivity index (χ1n) is 8.80. The lowest BCUT2D eigenvalue weighted by atomic mass is 10.1. The van der Waals surface area contributed by atoms with Crippen LogP contribution >= 0.6 is 11.3 Å². The van der Waals surface area contributed by atoms with E-state index in [4.69, 9.17) is 14.5 Å². The van der Waals surface area contributed by atoms with Crippen molar-refractivity contribution in [2.75, 3.05) is 18.5 Å². The van der Waals surface area contributed by atoms with Gasteiger partial charge in [0, 0.05) is 16.5 Å². The van der Waals surface area contributed by atoms with Gasteiger partial charge < -0.3 is 14.8 Å². The topological polar surface area (TPSA) is 43.4 Å². The van der Waals surface area contributed by atoms with Crippen molar-refractivity contribution in [2.45, 2.75) is 26.4 Å². The average Bonchev–Trinajstić information content (AvgIpc) is 3.12. The molecule has 4 nitrogen and oxygen atoms in total. The Morgan fingerprint density at radius 2 is 1.92 bits per heavy atom. The van der Waals surface area contributed by atoms with Gasteiger partial charge in [0.25, 0.3) is 0 Å². The lowest BCUT2D eigenvalue weighted by Gasteiger charge is -2.33. The molecule has 134 valence electrons. The molecule has 1 N–H and O–H groups in total. The van der Waals surface area contributed by atoms with E-state index >= 15 is 0 Å². The number of benzene rings is 2. The normalized spacial score (nSPS) is 14.9. The number of ether oxygens (including phenoxy) is 2. The molecule has 0 aliphatic carbocycles. The van der Waals surface area contributed by atoms with Crippen molar-refractivity contribution in [3.63, 3.8) is 0 Å². The Morgan fingerprint density at radius 3 is 2.69 bits per heavy atom. The third-order valence-corrected chi connectivity index (χ3v) is 5.17. The van der Waals surface area contributed by atoms with Gasteiger partial charge in [0.15, 0.2) is 0 Å². The van der Waals surface area contributed by atoms with Gasteiger partial charge in [0.1, 0.15) is 22.1 Å². The van der Waals surface area contributed by atoms with E-state index in [0.29, 0.717) is 6.61 Å². The van der Waals surface area contributed by atoms with E-state index < -0.39 is 0 Å². The minimum atomic E-state index is -0.184. The van der Waals surface area contributed by atoms with Crippen LogP contribution in [0.2, 0.25) is 0 Å². The summed E-state index contributed by atoms with van der Waals surface area (Å²) in [6.45, 7) is 7.62. The summed E-state index contributed by atoms with van der Waals surface area (Å²) in [4.78, 5) is 4.81. The van der Waals surface area contributed by atoms with Crippen molar-refractivity contribution in [2.24, 2.45) is 0 Å². The van der Waals surface area contributed by atoms with Crippen LogP contribution in [0, 0.1) is 0 Å². The molecule has 1 aliphatic rings. The minimum Gasteiger partial charge on any atom is -0.494 e. The molecule has 0 saturated heterocycles. The molecule has 2 aromatic carbocycles. The van der Waals surface area contributed by atoms with Crippen LogP contribution in [0.4, 0.5) is 5.69 Å². The molecule has 0 radical (unpaired) electrons. The Morgan fingerprint density at radius 1 is 1.15 bits per heavy atom. The van der Waals surface area contributed by atoms with Gasteiger partial charge in [-0.25, -0.2) is 4.98 Å². The first kappa shape index (κ1) is 16.9. The second kappa shape index (κ2) is 6.65. The Kier molecular flexibility index (Phi) is 4.32. The van der Waals surface area contributed by atoms with Gasteiger partial charge in [0.2, 0.25) is 0 Å². The van der Waals surface area contributed by atoms with Crippen molar-refractivity contribution < 1.29 is 9.47 Å². The van der Waals surface area contributed by atoms with Gasteiger partial charge >= 0.3 is 0 Å². The van der Waals surface area contributed by atoms with Crippen LogP contribution in [0.25, 0.3) is 21.8 Å². The van der Waals surface area contributed by atoms with Gasteiger partial charge in [-0.2, -0.15) is 0 Å². The van der Waals surface area contributed by atoms with E-state index in [1.165, 1.54) is 0 Å². The fourth-order valence-corrected chi connectivity index (χ4v) is 3.79. The summed E-state index contributed by atoms with van der Waals surface area (Å²) in [6, 6.07) is 14.3. The Hall–Kier alpha value is -2.53. The van der Waals surface area contributed by atoms with Crippen molar-refractivity contribution in [3.8, 4) is 33.3 Å². The predicted octanol–water partition coefficient (Wildman–Crippen LogP) is 5.46. The molecule has 0 spiro atoms. The monoisotopic (exact) mass is 366 g/mol. The van der Waals surface area contributed by atoms with E-state index in [9.17, 15) is 0 Å². The maximum atomic E-state index is 6.02.